The van der Waals surface area contributed by atoms with Gasteiger partial charge in [0.15, 0.2) is 0 Å². The van der Waals surface area contributed by atoms with Gasteiger partial charge < -0.3 is 15.2 Å². The smallest absolute Gasteiger partial charge is 0.408 e. The lowest BCUT2D eigenvalue weighted by Gasteiger charge is -2.24. The predicted octanol–water partition coefficient (Wildman–Crippen LogP) is 2.80. The molecule has 0 aliphatic heterocycles. The number of carboxylic acid groups (broad SMARTS) is 1. The van der Waals surface area contributed by atoms with Crippen LogP contribution in [0, 0.1) is 17.8 Å². The molecule has 1 aromatic carbocycles. The van der Waals surface area contributed by atoms with Crippen molar-refractivity contribution in [2.24, 2.45) is 17.8 Å². The van der Waals surface area contributed by atoms with E-state index >= 15 is 0 Å². The molecule has 0 spiro atoms. The molecular weight excluding hydrogens is 282 g/mol. The number of carbonyl (C=O) groups is 2. The lowest BCUT2D eigenvalue weighted by molar-refractivity contribution is -0.141. The van der Waals surface area contributed by atoms with Gasteiger partial charge in [-0.3, -0.25) is 0 Å². The Hall–Kier alpha value is -2.04. The van der Waals surface area contributed by atoms with E-state index in [2.05, 4.69) is 5.32 Å². The zero-order chi connectivity index (χ0) is 15.5. The highest BCUT2D eigenvalue weighted by Gasteiger charge is 2.48. The van der Waals surface area contributed by atoms with Gasteiger partial charge in [-0.25, -0.2) is 9.59 Å². The molecule has 0 heterocycles. The summed E-state index contributed by atoms with van der Waals surface area (Å²) in [7, 11) is 0. The molecule has 2 fully saturated rings. The summed E-state index contributed by atoms with van der Waals surface area (Å²) in [5, 5.41) is 12.0. The highest BCUT2D eigenvalue weighted by atomic mass is 16.5. The normalized spacial score (nSPS) is 18.8. The first-order chi connectivity index (χ1) is 10.6. The summed E-state index contributed by atoms with van der Waals surface area (Å²) in [4.78, 5) is 23.5. The Morgan fingerprint density at radius 3 is 2.23 bits per heavy atom. The third kappa shape index (κ3) is 3.78. The number of ether oxygens (including phenoxy) is 1. The van der Waals surface area contributed by atoms with Crippen molar-refractivity contribution < 1.29 is 19.4 Å². The van der Waals surface area contributed by atoms with Crippen LogP contribution in [0.15, 0.2) is 30.3 Å². The van der Waals surface area contributed by atoms with E-state index in [1.54, 1.807) is 0 Å². The summed E-state index contributed by atoms with van der Waals surface area (Å²) >= 11 is 0. The Morgan fingerprint density at radius 1 is 1.14 bits per heavy atom. The third-order valence-electron chi connectivity index (χ3n) is 4.47. The van der Waals surface area contributed by atoms with Crippen molar-refractivity contribution in [2.75, 3.05) is 0 Å². The van der Waals surface area contributed by atoms with Gasteiger partial charge in [0.25, 0.3) is 0 Å². The summed E-state index contributed by atoms with van der Waals surface area (Å²) in [5.41, 5.74) is 0.880. The number of aliphatic carboxylic acids is 1. The number of carbonyl (C=O) groups excluding carboxylic acids is 1. The van der Waals surface area contributed by atoms with Crippen LogP contribution in [0.2, 0.25) is 0 Å². The molecule has 5 nitrogen and oxygen atoms in total. The monoisotopic (exact) mass is 303 g/mol. The van der Waals surface area contributed by atoms with Crippen LogP contribution in [0.3, 0.4) is 0 Å². The van der Waals surface area contributed by atoms with Crippen molar-refractivity contribution in [3.8, 4) is 0 Å². The minimum Gasteiger partial charge on any atom is -0.480 e. The predicted molar refractivity (Wildman–Crippen MR) is 80.1 cm³/mol. The van der Waals surface area contributed by atoms with E-state index in [0.717, 1.165) is 31.2 Å². The van der Waals surface area contributed by atoms with Crippen LogP contribution in [-0.4, -0.2) is 23.2 Å². The van der Waals surface area contributed by atoms with Gasteiger partial charge in [-0.2, -0.15) is 0 Å². The summed E-state index contributed by atoms with van der Waals surface area (Å²) in [6, 6.07) is 8.51. The van der Waals surface area contributed by atoms with Crippen molar-refractivity contribution in [2.45, 2.75) is 38.3 Å². The van der Waals surface area contributed by atoms with Crippen LogP contribution >= 0.6 is 0 Å². The molecule has 118 valence electrons. The van der Waals surface area contributed by atoms with Gasteiger partial charge in [0.1, 0.15) is 12.6 Å². The fourth-order valence-electron chi connectivity index (χ4n) is 3.11. The number of benzene rings is 1. The van der Waals surface area contributed by atoms with E-state index in [-0.39, 0.29) is 12.5 Å². The summed E-state index contributed by atoms with van der Waals surface area (Å²) in [6.07, 6.45) is 3.65. The molecule has 0 bridgehead atoms. The lowest BCUT2D eigenvalue weighted by Crippen LogP contribution is -2.47. The summed E-state index contributed by atoms with van der Waals surface area (Å²) in [6.45, 7) is 0.149. The van der Waals surface area contributed by atoms with Crippen molar-refractivity contribution >= 4 is 12.1 Å². The lowest BCUT2D eigenvalue weighted by atomic mass is 9.89. The van der Waals surface area contributed by atoms with E-state index in [9.17, 15) is 14.7 Å². The average Bonchev–Trinajstić information content (AvgIpc) is 3.39. The van der Waals surface area contributed by atoms with Gasteiger partial charge in [-0.05, 0) is 49.0 Å². The first-order valence-corrected chi connectivity index (χ1v) is 7.85. The molecule has 2 N–H and O–H groups in total. The molecule has 0 saturated heterocycles. The first kappa shape index (κ1) is 14.9. The number of rotatable bonds is 7. The second kappa shape index (κ2) is 6.38. The zero-order valence-electron chi connectivity index (χ0n) is 12.4. The minimum atomic E-state index is -0.958. The van der Waals surface area contributed by atoms with Crippen molar-refractivity contribution in [3.05, 3.63) is 35.9 Å². The van der Waals surface area contributed by atoms with E-state index < -0.39 is 18.1 Å². The van der Waals surface area contributed by atoms with Gasteiger partial charge in [-0.15, -0.1) is 0 Å². The van der Waals surface area contributed by atoms with Crippen LogP contribution in [0.4, 0.5) is 4.79 Å². The van der Waals surface area contributed by atoms with Gasteiger partial charge in [0.2, 0.25) is 0 Å². The molecule has 1 atom stereocenters. The molecule has 2 saturated carbocycles. The number of amides is 1. The Labute approximate surface area is 129 Å². The van der Waals surface area contributed by atoms with E-state index in [0.29, 0.717) is 11.8 Å². The number of hydrogen-bond acceptors (Lipinski definition) is 3. The highest BCUT2D eigenvalue weighted by Crippen LogP contribution is 2.50. The number of alkyl carbamates (subject to hydrolysis) is 1. The van der Waals surface area contributed by atoms with Gasteiger partial charge in [0, 0.05) is 0 Å². The van der Waals surface area contributed by atoms with Crippen molar-refractivity contribution in [1.82, 2.24) is 5.32 Å². The molecule has 5 heteroatoms. The first-order valence-electron chi connectivity index (χ1n) is 7.85. The van der Waals surface area contributed by atoms with Gasteiger partial charge >= 0.3 is 12.1 Å². The zero-order valence-corrected chi connectivity index (χ0v) is 12.4. The van der Waals surface area contributed by atoms with E-state index in [1.807, 2.05) is 30.3 Å². The largest absolute Gasteiger partial charge is 0.480 e. The average molecular weight is 303 g/mol. The molecule has 0 radical (unpaired) electrons. The second-order valence-corrected chi connectivity index (χ2v) is 6.27. The molecule has 0 aromatic heterocycles. The van der Waals surface area contributed by atoms with E-state index in [1.165, 1.54) is 0 Å². The molecule has 0 unspecified atom stereocenters. The SMILES string of the molecule is O=C(N[C@H](C(=O)O)C(C1CC1)C1CC1)OCc1ccccc1. The molecule has 3 rings (SSSR count). The maximum absolute atomic E-state index is 11.9. The molecular formula is C17H21NO4. The minimum absolute atomic E-state index is 0.0572. The Bertz CT molecular complexity index is 525. The topological polar surface area (TPSA) is 75.6 Å². The van der Waals surface area contributed by atoms with Crippen LogP contribution in [0.25, 0.3) is 0 Å². The Morgan fingerprint density at radius 2 is 1.73 bits per heavy atom. The standard InChI is InChI=1S/C17H21NO4/c19-16(20)15(14(12-6-7-12)13-8-9-13)18-17(21)22-10-11-4-2-1-3-5-11/h1-5,12-15H,6-10H2,(H,18,21)(H,19,20)/t15-/m0/s1. The highest BCUT2D eigenvalue weighted by molar-refractivity contribution is 5.80. The van der Waals surface area contributed by atoms with Gasteiger partial charge in [0.05, 0.1) is 0 Å². The van der Waals surface area contributed by atoms with Crippen LogP contribution < -0.4 is 5.32 Å². The number of nitrogens with one attached hydrogen (secondary N) is 1. The van der Waals surface area contributed by atoms with E-state index in [4.69, 9.17) is 4.74 Å². The third-order valence-corrected chi connectivity index (χ3v) is 4.47. The number of hydrogen-bond donors (Lipinski definition) is 2. The summed E-state index contributed by atoms with van der Waals surface area (Å²) in [5.74, 6) is -0.00622. The maximum Gasteiger partial charge on any atom is 0.408 e. The number of carboxylic acids is 1. The second-order valence-electron chi connectivity index (χ2n) is 6.27. The van der Waals surface area contributed by atoms with Crippen LogP contribution in [-0.2, 0) is 16.1 Å². The molecule has 22 heavy (non-hydrogen) atoms. The van der Waals surface area contributed by atoms with Gasteiger partial charge in [-0.1, -0.05) is 30.3 Å². The van der Waals surface area contributed by atoms with Crippen LogP contribution in [0.1, 0.15) is 31.2 Å². The molecule has 1 amide bonds. The maximum atomic E-state index is 11.9. The fourth-order valence-corrected chi connectivity index (χ4v) is 3.11. The van der Waals surface area contributed by atoms with Crippen molar-refractivity contribution in [3.63, 3.8) is 0 Å². The Balaban J connectivity index is 1.56. The molecule has 1 aromatic rings. The van der Waals surface area contributed by atoms with Crippen LogP contribution in [0.5, 0.6) is 0 Å². The fraction of sp³-hybridized carbons (Fsp3) is 0.529. The molecule has 2 aliphatic carbocycles. The quantitative estimate of drug-likeness (QED) is 0.812. The molecule has 2 aliphatic rings. The summed E-state index contributed by atoms with van der Waals surface area (Å²) < 4.78 is 5.15. The Kier molecular flexibility index (Phi) is 4.32. The van der Waals surface area contributed by atoms with Crippen molar-refractivity contribution in [1.29, 1.82) is 0 Å².